The molecule has 0 aliphatic rings. The van der Waals surface area contributed by atoms with Gasteiger partial charge in [0, 0.05) is 0 Å². The van der Waals surface area contributed by atoms with Crippen LogP contribution in [0.3, 0.4) is 0 Å². The van der Waals surface area contributed by atoms with Crippen LogP contribution in [-0.2, 0) is 14.3 Å². The Morgan fingerprint density at radius 3 is 2.53 bits per heavy atom. The third-order valence-corrected chi connectivity index (χ3v) is 1.91. The molecule has 5 heteroatoms. The molecule has 17 heavy (non-hydrogen) atoms. The minimum atomic E-state index is -1.05. The number of hydrogen-bond acceptors (Lipinski definition) is 3. The normalized spacial score (nSPS) is 11.1. The van der Waals surface area contributed by atoms with Crippen molar-refractivity contribution in [1.29, 1.82) is 0 Å². The average Bonchev–Trinajstić information content (AvgIpc) is 2.32. The van der Waals surface area contributed by atoms with Gasteiger partial charge in [-0.3, -0.25) is 0 Å². The lowest BCUT2D eigenvalue weighted by Gasteiger charge is -2.06. The predicted molar refractivity (Wildman–Crippen MR) is 58.1 cm³/mol. The lowest BCUT2D eigenvalue weighted by molar-refractivity contribution is -0.136. The van der Waals surface area contributed by atoms with Gasteiger partial charge in [0.2, 0.25) is 6.86 Å². The van der Waals surface area contributed by atoms with Gasteiger partial charge in [0.15, 0.2) is 0 Å². The van der Waals surface area contributed by atoms with E-state index in [9.17, 15) is 13.6 Å². The molecule has 0 heterocycles. The second kappa shape index (κ2) is 6.62. The van der Waals surface area contributed by atoms with Gasteiger partial charge in [-0.2, -0.15) is 0 Å². The minimum Gasteiger partial charge on any atom is -0.470 e. The van der Waals surface area contributed by atoms with Crippen LogP contribution in [-0.4, -0.2) is 19.4 Å². The number of rotatable bonds is 5. The molecule has 1 aromatic rings. The monoisotopic (exact) mass is 242 g/mol. The van der Waals surface area contributed by atoms with Crippen molar-refractivity contribution in [3.8, 4) is 0 Å². The topological polar surface area (TPSA) is 35.5 Å². The number of halogens is 2. The van der Waals surface area contributed by atoms with Gasteiger partial charge < -0.3 is 9.47 Å². The molecule has 1 rings (SSSR count). The van der Waals surface area contributed by atoms with Gasteiger partial charge in [-0.05, 0) is 24.6 Å². The van der Waals surface area contributed by atoms with E-state index in [0.717, 1.165) is 6.26 Å². The third-order valence-electron chi connectivity index (χ3n) is 1.91. The summed E-state index contributed by atoms with van der Waals surface area (Å²) in [5.74, 6) is -1.07. The van der Waals surface area contributed by atoms with Gasteiger partial charge in [-0.25, -0.2) is 13.6 Å². The van der Waals surface area contributed by atoms with Crippen molar-refractivity contribution in [2.75, 3.05) is 13.5 Å². The molecule has 0 aromatic heterocycles. The SMILES string of the molecule is CCOC(=O)C(=COCF)c1ccc(F)cc1. The van der Waals surface area contributed by atoms with Crippen molar-refractivity contribution in [2.24, 2.45) is 0 Å². The molecule has 0 saturated carbocycles. The standard InChI is InChI=1S/C12H12F2O3/c1-2-17-12(15)11(7-16-8-13)9-3-5-10(14)6-4-9/h3-7H,2,8H2,1H3. The molecule has 0 unspecified atom stereocenters. The van der Waals surface area contributed by atoms with Gasteiger partial charge in [-0.15, -0.1) is 0 Å². The molecule has 92 valence electrons. The zero-order valence-corrected chi connectivity index (χ0v) is 9.28. The lowest BCUT2D eigenvalue weighted by Crippen LogP contribution is -2.07. The van der Waals surface area contributed by atoms with E-state index in [1.54, 1.807) is 6.92 Å². The molecule has 0 saturated heterocycles. The van der Waals surface area contributed by atoms with Crippen molar-refractivity contribution in [2.45, 2.75) is 6.92 Å². The highest BCUT2D eigenvalue weighted by Gasteiger charge is 2.13. The molecule has 0 aliphatic heterocycles. The van der Waals surface area contributed by atoms with E-state index in [0.29, 0.717) is 5.56 Å². The molecule has 3 nitrogen and oxygen atoms in total. The molecule has 0 radical (unpaired) electrons. The van der Waals surface area contributed by atoms with Gasteiger partial charge in [0.05, 0.1) is 6.61 Å². The van der Waals surface area contributed by atoms with Crippen LogP contribution < -0.4 is 0 Å². The van der Waals surface area contributed by atoms with Crippen LogP contribution in [0, 0.1) is 5.82 Å². The number of alkyl halides is 1. The summed E-state index contributed by atoms with van der Waals surface area (Å²) in [6, 6.07) is 5.16. The van der Waals surface area contributed by atoms with Crippen molar-refractivity contribution < 1.29 is 23.0 Å². The number of esters is 1. The third kappa shape index (κ3) is 3.86. The summed E-state index contributed by atoms with van der Waals surface area (Å²) in [5, 5.41) is 0. The Hall–Kier alpha value is -1.91. The van der Waals surface area contributed by atoms with E-state index in [2.05, 4.69) is 4.74 Å². The largest absolute Gasteiger partial charge is 0.470 e. The fourth-order valence-electron chi connectivity index (χ4n) is 1.19. The second-order valence-electron chi connectivity index (χ2n) is 3.03. The quantitative estimate of drug-likeness (QED) is 0.452. The fourth-order valence-corrected chi connectivity index (χ4v) is 1.19. The first-order valence-electron chi connectivity index (χ1n) is 4.99. The summed E-state index contributed by atoms with van der Waals surface area (Å²) in [6.45, 7) is 0.785. The van der Waals surface area contributed by atoms with Crippen LogP contribution in [0.4, 0.5) is 8.78 Å². The summed E-state index contributed by atoms with van der Waals surface area (Å²) in [6.07, 6.45) is 0.964. The summed E-state index contributed by atoms with van der Waals surface area (Å²) in [5.41, 5.74) is 0.447. The number of carbonyl (C=O) groups excluding carboxylic acids is 1. The van der Waals surface area contributed by atoms with E-state index >= 15 is 0 Å². The smallest absolute Gasteiger partial charge is 0.341 e. The molecular weight excluding hydrogens is 230 g/mol. The highest BCUT2D eigenvalue weighted by atomic mass is 19.1. The van der Waals surface area contributed by atoms with Crippen LogP contribution in [0.1, 0.15) is 12.5 Å². The maximum Gasteiger partial charge on any atom is 0.341 e. The molecule has 0 spiro atoms. The Morgan fingerprint density at radius 1 is 1.35 bits per heavy atom. The summed E-state index contributed by atoms with van der Waals surface area (Å²) >= 11 is 0. The maximum atomic E-state index is 12.7. The fraction of sp³-hybridized carbons (Fsp3) is 0.250. The molecule has 0 bridgehead atoms. The highest BCUT2D eigenvalue weighted by Crippen LogP contribution is 2.17. The Bertz CT molecular complexity index is 399. The van der Waals surface area contributed by atoms with Crippen LogP contribution >= 0.6 is 0 Å². The number of carbonyl (C=O) groups is 1. The van der Waals surface area contributed by atoms with Crippen molar-refractivity contribution in [1.82, 2.24) is 0 Å². The van der Waals surface area contributed by atoms with Crippen LogP contribution in [0.2, 0.25) is 0 Å². The average molecular weight is 242 g/mol. The van der Waals surface area contributed by atoms with Crippen molar-refractivity contribution >= 4 is 11.5 Å². The maximum absolute atomic E-state index is 12.7. The molecule has 1 aromatic carbocycles. The van der Waals surface area contributed by atoms with Gasteiger partial charge in [0.25, 0.3) is 0 Å². The van der Waals surface area contributed by atoms with E-state index in [-0.39, 0.29) is 12.2 Å². The second-order valence-corrected chi connectivity index (χ2v) is 3.03. The summed E-state index contributed by atoms with van der Waals surface area (Å²) in [7, 11) is 0. The summed E-state index contributed by atoms with van der Waals surface area (Å²) in [4.78, 5) is 11.5. The predicted octanol–water partition coefficient (Wildman–Crippen LogP) is 2.67. The van der Waals surface area contributed by atoms with E-state index in [1.165, 1.54) is 24.3 Å². The van der Waals surface area contributed by atoms with E-state index in [1.807, 2.05) is 0 Å². The zero-order valence-electron chi connectivity index (χ0n) is 9.28. The molecule has 0 amide bonds. The Balaban J connectivity index is 2.97. The lowest BCUT2D eigenvalue weighted by atomic mass is 10.1. The first kappa shape index (κ1) is 13.2. The zero-order chi connectivity index (χ0) is 12.7. The Kier molecular flexibility index (Phi) is 5.13. The number of ether oxygens (including phenoxy) is 2. The van der Waals surface area contributed by atoms with E-state index < -0.39 is 18.6 Å². The van der Waals surface area contributed by atoms with Crippen LogP contribution in [0.15, 0.2) is 30.5 Å². The highest BCUT2D eigenvalue weighted by molar-refractivity contribution is 6.16. The first-order chi connectivity index (χ1) is 8.19. The molecule has 0 N–H and O–H groups in total. The van der Waals surface area contributed by atoms with Gasteiger partial charge in [-0.1, -0.05) is 12.1 Å². The first-order valence-corrected chi connectivity index (χ1v) is 4.99. The summed E-state index contributed by atoms with van der Waals surface area (Å²) < 4.78 is 33.8. The number of benzene rings is 1. The molecule has 0 aliphatic carbocycles. The molecular formula is C12H12F2O3. The van der Waals surface area contributed by atoms with Crippen LogP contribution in [0.5, 0.6) is 0 Å². The van der Waals surface area contributed by atoms with Gasteiger partial charge >= 0.3 is 5.97 Å². The minimum absolute atomic E-state index is 0.0458. The van der Waals surface area contributed by atoms with Crippen molar-refractivity contribution in [3.63, 3.8) is 0 Å². The van der Waals surface area contributed by atoms with Gasteiger partial charge in [0.1, 0.15) is 17.7 Å². The van der Waals surface area contributed by atoms with Crippen molar-refractivity contribution in [3.05, 3.63) is 41.9 Å². The number of hydrogen-bond donors (Lipinski definition) is 0. The molecule has 0 atom stereocenters. The Morgan fingerprint density at radius 2 is 2.00 bits per heavy atom. The van der Waals surface area contributed by atoms with Crippen LogP contribution in [0.25, 0.3) is 5.57 Å². The van der Waals surface area contributed by atoms with E-state index in [4.69, 9.17) is 4.74 Å². The Labute approximate surface area is 97.7 Å². The molecule has 0 fully saturated rings.